The van der Waals surface area contributed by atoms with E-state index in [2.05, 4.69) is 4.52 Å². The molecule has 0 aliphatic carbocycles. The summed E-state index contributed by atoms with van der Waals surface area (Å²) in [6.07, 6.45) is 0. The van der Waals surface area contributed by atoms with Crippen molar-refractivity contribution < 1.29 is 8.91 Å². The van der Waals surface area contributed by atoms with Crippen LogP contribution in [0.5, 0.6) is 5.75 Å². The second-order valence-electron chi connectivity index (χ2n) is 1.69. The molecule has 0 fully saturated rings. The van der Waals surface area contributed by atoms with E-state index >= 15 is 0 Å². The van der Waals surface area contributed by atoms with Crippen LogP contribution < -0.4 is 4.52 Å². The Bertz CT molecular complexity index is 241. The lowest BCUT2D eigenvalue weighted by molar-refractivity contribution is 0.541. The zero-order chi connectivity index (χ0) is 7.56. The monoisotopic (exact) mass is 270 g/mol. The van der Waals surface area contributed by atoms with Gasteiger partial charge < -0.3 is 4.52 Å². The van der Waals surface area contributed by atoms with Crippen molar-refractivity contribution in [2.24, 2.45) is 0 Å². The molecule has 0 spiro atoms. The van der Waals surface area contributed by atoms with Crippen molar-refractivity contribution in [2.75, 3.05) is 0 Å². The van der Waals surface area contributed by atoms with Crippen LogP contribution in [0.25, 0.3) is 0 Å². The predicted molar refractivity (Wildman–Crippen MR) is 49.5 cm³/mol. The van der Waals surface area contributed by atoms with Crippen molar-refractivity contribution in [3.8, 4) is 5.75 Å². The highest BCUT2D eigenvalue weighted by atomic mass is 127. The summed E-state index contributed by atoms with van der Waals surface area (Å²) in [5.41, 5.74) is 0. The van der Waals surface area contributed by atoms with E-state index in [1.165, 1.54) is 6.07 Å². The van der Waals surface area contributed by atoms with E-state index in [-0.39, 0.29) is 11.6 Å². The third-order valence-corrected chi connectivity index (χ3v) is 1.95. The lowest BCUT2D eigenvalue weighted by Crippen LogP contribution is -1.81. The number of hydrogen-bond acceptors (Lipinski definition) is 1. The van der Waals surface area contributed by atoms with Gasteiger partial charge in [0.15, 0.2) is 11.6 Å². The molecule has 1 aromatic carbocycles. The molecule has 4 heteroatoms. The summed E-state index contributed by atoms with van der Waals surface area (Å²) in [5, 5.41) is 0. The summed E-state index contributed by atoms with van der Waals surface area (Å²) in [7, 11) is 2.00. The van der Waals surface area contributed by atoms with Gasteiger partial charge >= 0.3 is 0 Å². The van der Waals surface area contributed by atoms with E-state index in [1.54, 1.807) is 12.1 Å². The summed E-state index contributed by atoms with van der Waals surface area (Å²) >= 11 is 2.04. The van der Waals surface area contributed by atoms with Gasteiger partial charge in [0.2, 0.25) is 0 Å². The maximum absolute atomic E-state index is 12.7. The molecule has 10 heavy (non-hydrogen) atoms. The maximum atomic E-state index is 12.7. The highest BCUT2D eigenvalue weighted by molar-refractivity contribution is 14.1. The quantitative estimate of drug-likeness (QED) is 0.563. The lowest BCUT2D eigenvalue weighted by Gasteiger charge is -1.99. The molecule has 54 valence electrons. The molecule has 0 aliphatic rings. The summed E-state index contributed by atoms with van der Waals surface area (Å²) in [4.78, 5) is 0. The van der Waals surface area contributed by atoms with E-state index in [0.717, 1.165) is 3.57 Å². The molecule has 1 unspecified atom stereocenters. The van der Waals surface area contributed by atoms with Crippen molar-refractivity contribution in [1.82, 2.24) is 0 Å². The van der Waals surface area contributed by atoms with Crippen LogP contribution in [0, 0.1) is 9.39 Å². The summed E-state index contributed by atoms with van der Waals surface area (Å²) in [6.45, 7) is 0. The van der Waals surface area contributed by atoms with Crippen LogP contribution in [0.4, 0.5) is 4.39 Å². The highest BCUT2D eigenvalue weighted by Crippen LogP contribution is 2.20. The predicted octanol–water partition coefficient (Wildman–Crippen LogP) is 2.60. The number of halogens is 2. The molecule has 1 aromatic rings. The maximum Gasteiger partial charge on any atom is 0.166 e. The summed E-state index contributed by atoms with van der Waals surface area (Å²) in [5.74, 6) is -0.0766. The molecule has 0 amide bonds. The molecule has 1 atom stereocenters. The number of benzene rings is 1. The van der Waals surface area contributed by atoms with Gasteiger partial charge in [0, 0.05) is 3.57 Å². The standard InChI is InChI=1S/C6H5FIOP/c7-5-3-4(8)1-2-6(5)9-10/h1-3H,10H2. The summed E-state index contributed by atoms with van der Waals surface area (Å²) < 4.78 is 18.2. The molecular formula is C6H5FIOP. The molecule has 0 radical (unpaired) electrons. The Morgan fingerprint density at radius 2 is 2.20 bits per heavy atom. The first-order chi connectivity index (χ1) is 4.74. The Morgan fingerprint density at radius 3 is 2.70 bits per heavy atom. The Balaban J connectivity index is 3.07. The lowest BCUT2D eigenvalue weighted by atomic mass is 10.3. The van der Waals surface area contributed by atoms with Gasteiger partial charge in [0.1, 0.15) is 0 Å². The average molecular weight is 270 g/mol. The van der Waals surface area contributed by atoms with Crippen LogP contribution in [-0.4, -0.2) is 0 Å². The van der Waals surface area contributed by atoms with Crippen LogP contribution in [0.15, 0.2) is 18.2 Å². The molecule has 0 saturated carbocycles. The largest absolute Gasteiger partial charge is 0.477 e. The van der Waals surface area contributed by atoms with Crippen molar-refractivity contribution in [1.29, 1.82) is 0 Å². The molecule has 0 saturated heterocycles. The average Bonchev–Trinajstić information content (AvgIpc) is 1.88. The molecule has 0 heterocycles. The summed E-state index contributed by atoms with van der Waals surface area (Å²) in [6, 6.07) is 4.78. The minimum atomic E-state index is -0.332. The number of rotatable bonds is 1. The number of hydrogen-bond donors (Lipinski definition) is 0. The molecule has 0 aromatic heterocycles. The van der Waals surface area contributed by atoms with Gasteiger partial charge in [-0.3, -0.25) is 0 Å². The van der Waals surface area contributed by atoms with Crippen molar-refractivity contribution >= 4 is 32.1 Å². The fourth-order valence-corrected chi connectivity index (χ4v) is 1.22. The van der Waals surface area contributed by atoms with Crippen LogP contribution in [0.2, 0.25) is 0 Å². The molecule has 0 aliphatic heterocycles. The Hall–Kier alpha value is 0.110. The van der Waals surface area contributed by atoms with Crippen LogP contribution in [0.3, 0.4) is 0 Å². The normalized spacial score (nSPS) is 9.50. The van der Waals surface area contributed by atoms with Crippen molar-refractivity contribution in [3.63, 3.8) is 0 Å². The van der Waals surface area contributed by atoms with Crippen LogP contribution in [-0.2, 0) is 0 Å². The first kappa shape index (κ1) is 8.21. The van der Waals surface area contributed by atoms with E-state index in [1.807, 2.05) is 32.1 Å². The van der Waals surface area contributed by atoms with Gasteiger partial charge in [-0.15, -0.1) is 0 Å². The van der Waals surface area contributed by atoms with E-state index in [0.29, 0.717) is 0 Å². The minimum absolute atomic E-state index is 0.255. The zero-order valence-electron chi connectivity index (χ0n) is 4.97. The SMILES string of the molecule is Fc1cc(I)ccc1OP. The van der Waals surface area contributed by atoms with Gasteiger partial charge in [0.05, 0.1) is 9.47 Å². The van der Waals surface area contributed by atoms with Gasteiger partial charge in [-0.05, 0) is 40.8 Å². The van der Waals surface area contributed by atoms with Gasteiger partial charge in [-0.2, -0.15) is 0 Å². The first-order valence-electron chi connectivity index (χ1n) is 2.56. The minimum Gasteiger partial charge on any atom is -0.477 e. The topological polar surface area (TPSA) is 9.23 Å². The molecule has 0 bridgehead atoms. The highest BCUT2D eigenvalue weighted by Gasteiger charge is 1.99. The molecular weight excluding hydrogens is 265 g/mol. The van der Waals surface area contributed by atoms with Crippen LogP contribution in [0.1, 0.15) is 0 Å². The van der Waals surface area contributed by atoms with Gasteiger partial charge in [0.25, 0.3) is 0 Å². The second kappa shape index (κ2) is 3.49. The molecule has 1 rings (SSSR count). The first-order valence-corrected chi connectivity index (χ1v) is 4.11. The third kappa shape index (κ3) is 1.80. The van der Waals surface area contributed by atoms with Gasteiger partial charge in [-0.25, -0.2) is 4.39 Å². The van der Waals surface area contributed by atoms with E-state index in [4.69, 9.17) is 0 Å². The Morgan fingerprint density at radius 1 is 1.50 bits per heavy atom. The zero-order valence-corrected chi connectivity index (χ0v) is 8.29. The second-order valence-corrected chi connectivity index (χ2v) is 3.17. The third-order valence-electron chi connectivity index (χ3n) is 1.02. The fraction of sp³-hybridized carbons (Fsp3) is 0. The van der Waals surface area contributed by atoms with E-state index in [9.17, 15) is 4.39 Å². The van der Waals surface area contributed by atoms with E-state index < -0.39 is 0 Å². The molecule has 0 N–H and O–H groups in total. The van der Waals surface area contributed by atoms with Gasteiger partial charge in [-0.1, -0.05) is 0 Å². The van der Waals surface area contributed by atoms with Crippen molar-refractivity contribution in [2.45, 2.75) is 0 Å². The Labute approximate surface area is 74.4 Å². The molecule has 1 nitrogen and oxygen atoms in total. The Kier molecular flexibility index (Phi) is 2.86. The van der Waals surface area contributed by atoms with Crippen LogP contribution >= 0.6 is 32.1 Å². The smallest absolute Gasteiger partial charge is 0.166 e. The fourth-order valence-electron chi connectivity index (χ4n) is 0.571. The van der Waals surface area contributed by atoms with Crippen molar-refractivity contribution in [3.05, 3.63) is 27.6 Å².